The number of rotatable bonds is 6. The van der Waals surface area contributed by atoms with Gasteiger partial charge in [-0.1, -0.05) is 41.9 Å². The van der Waals surface area contributed by atoms with E-state index in [1.54, 1.807) is 6.07 Å². The summed E-state index contributed by atoms with van der Waals surface area (Å²) in [5.41, 5.74) is 4.33. The number of piperazine rings is 1. The molecule has 172 valence electrons. The Morgan fingerprint density at radius 1 is 0.970 bits per heavy atom. The Balaban J connectivity index is 1.29. The van der Waals surface area contributed by atoms with E-state index in [1.165, 1.54) is 6.07 Å². The minimum absolute atomic E-state index is 0.0250. The fourth-order valence-electron chi connectivity index (χ4n) is 4.06. The summed E-state index contributed by atoms with van der Waals surface area (Å²) in [7, 11) is 0. The van der Waals surface area contributed by atoms with Crippen LogP contribution in [0.25, 0.3) is 0 Å². The highest BCUT2D eigenvalue weighted by Crippen LogP contribution is 2.26. The normalized spacial score (nSPS) is 14.4. The fraction of sp³-hybridized carbons (Fsp3) is 0.296. The Morgan fingerprint density at radius 3 is 2.24 bits per heavy atom. The number of aryl methyl sites for hydroxylation is 2. The number of nitrogens with zero attached hydrogens (tertiary/aromatic N) is 2. The van der Waals surface area contributed by atoms with E-state index in [9.17, 15) is 9.18 Å². The number of carbonyl (C=O) groups is 1. The monoisotopic (exact) mass is 466 g/mol. The molecule has 6 heteroatoms. The minimum atomic E-state index is -0.179. The highest BCUT2D eigenvalue weighted by Gasteiger charge is 2.22. The van der Waals surface area contributed by atoms with Crippen LogP contribution < -0.4 is 4.74 Å². The molecule has 4 rings (SSSR count). The van der Waals surface area contributed by atoms with Gasteiger partial charge >= 0.3 is 0 Å². The van der Waals surface area contributed by atoms with Crippen LogP contribution in [0.3, 0.4) is 0 Å². The van der Waals surface area contributed by atoms with E-state index in [0.29, 0.717) is 37.4 Å². The maximum Gasteiger partial charge on any atom is 0.253 e. The molecule has 1 fully saturated rings. The molecule has 1 heterocycles. The van der Waals surface area contributed by atoms with Crippen molar-refractivity contribution < 1.29 is 13.9 Å². The van der Waals surface area contributed by atoms with Crippen LogP contribution in [0.5, 0.6) is 5.75 Å². The molecule has 1 amide bonds. The van der Waals surface area contributed by atoms with E-state index < -0.39 is 0 Å². The number of hydrogen-bond acceptors (Lipinski definition) is 3. The third kappa shape index (κ3) is 5.73. The first-order valence-corrected chi connectivity index (χ1v) is 11.5. The lowest BCUT2D eigenvalue weighted by molar-refractivity contribution is 0.0627. The van der Waals surface area contributed by atoms with Crippen molar-refractivity contribution >= 4 is 17.5 Å². The van der Waals surface area contributed by atoms with E-state index in [2.05, 4.69) is 4.90 Å². The fourth-order valence-corrected chi connectivity index (χ4v) is 4.17. The van der Waals surface area contributed by atoms with Gasteiger partial charge in [-0.15, -0.1) is 0 Å². The van der Waals surface area contributed by atoms with Crippen molar-refractivity contribution in [2.45, 2.75) is 27.0 Å². The van der Waals surface area contributed by atoms with Gasteiger partial charge in [-0.2, -0.15) is 0 Å². The SMILES string of the molecule is Cc1cc(OCc2ccc(C(=O)N3CCN(Cc4ccccc4F)CC3)cc2)cc(C)c1Cl. The second-order valence-corrected chi connectivity index (χ2v) is 8.89. The van der Waals surface area contributed by atoms with E-state index >= 15 is 0 Å². The average Bonchev–Trinajstić information content (AvgIpc) is 2.83. The van der Waals surface area contributed by atoms with Crippen LogP contribution in [0, 0.1) is 19.7 Å². The number of ether oxygens (including phenoxy) is 1. The van der Waals surface area contributed by atoms with Gasteiger partial charge in [0.05, 0.1) is 0 Å². The van der Waals surface area contributed by atoms with E-state index in [4.69, 9.17) is 16.3 Å². The molecule has 0 spiro atoms. The van der Waals surface area contributed by atoms with Gasteiger partial charge in [-0.05, 0) is 60.9 Å². The predicted octanol–water partition coefficient (Wildman–Crippen LogP) is 5.63. The number of benzene rings is 3. The van der Waals surface area contributed by atoms with Crippen molar-refractivity contribution in [1.29, 1.82) is 0 Å². The quantitative estimate of drug-likeness (QED) is 0.471. The van der Waals surface area contributed by atoms with Crippen LogP contribution in [0.4, 0.5) is 4.39 Å². The van der Waals surface area contributed by atoms with Crippen LogP contribution in [0.15, 0.2) is 60.7 Å². The van der Waals surface area contributed by atoms with Crippen LogP contribution in [0.2, 0.25) is 5.02 Å². The van der Waals surface area contributed by atoms with Crippen molar-refractivity contribution in [1.82, 2.24) is 9.80 Å². The number of halogens is 2. The molecule has 0 saturated carbocycles. The van der Waals surface area contributed by atoms with Gasteiger partial charge in [0.1, 0.15) is 18.2 Å². The maximum absolute atomic E-state index is 13.9. The third-order valence-corrected chi connectivity index (χ3v) is 6.62. The van der Waals surface area contributed by atoms with Crippen molar-refractivity contribution in [3.63, 3.8) is 0 Å². The summed E-state index contributed by atoms with van der Waals surface area (Å²) in [5.74, 6) is 0.626. The summed E-state index contributed by atoms with van der Waals surface area (Å²) < 4.78 is 19.8. The second kappa shape index (κ2) is 10.4. The predicted molar refractivity (Wildman–Crippen MR) is 129 cm³/mol. The van der Waals surface area contributed by atoms with Crippen LogP contribution in [0.1, 0.15) is 32.6 Å². The Labute approximate surface area is 199 Å². The lowest BCUT2D eigenvalue weighted by atomic mass is 10.1. The summed E-state index contributed by atoms with van der Waals surface area (Å²) in [6, 6.07) is 18.3. The Morgan fingerprint density at radius 2 is 1.61 bits per heavy atom. The Bertz CT molecular complexity index is 1100. The highest BCUT2D eigenvalue weighted by atomic mass is 35.5. The molecule has 1 saturated heterocycles. The standard InChI is InChI=1S/C27H28ClFN2O2/c1-19-15-24(16-20(2)26(19)28)33-18-21-7-9-22(10-8-21)27(32)31-13-11-30(12-14-31)17-23-5-3-4-6-25(23)29/h3-10,15-16H,11-14,17-18H2,1-2H3. The topological polar surface area (TPSA) is 32.8 Å². The van der Waals surface area contributed by atoms with Crippen LogP contribution >= 0.6 is 11.6 Å². The molecule has 0 aliphatic carbocycles. The van der Waals surface area contributed by atoms with Crippen molar-refractivity contribution in [2.24, 2.45) is 0 Å². The molecular formula is C27H28ClFN2O2. The zero-order valence-corrected chi connectivity index (χ0v) is 19.7. The largest absolute Gasteiger partial charge is 0.489 e. The molecule has 1 aliphatic rings. The molecule has 3 aromatic carbocycles. The molecule has 0 N–H and O–H groups in total. The lowest BCUT2D eigenvalue weighted by Gasteiger charge is -2.34. The molecule has 3 aromatic rings. The summed E-state index contributed by atoms with van der Waals surface area (Å²) >= 11 is 6.22. The molecule has 0 atom stereocenters. The van der Waals surface area contributed by atoms with Gasteiger partial charge in [0, 0.05) is 48.9 Å². The zero-order valence-electron chi connectivity index (χ0n) is 19.0. The third-order valence-electron chi connectivity index (χ3n) is 6.03. The number of hydrogen-bond donors (Lipinski definition) is 0. The number of amides is 1. The van der Waals surface area contributed by atoms with E-state index in [1.807, 2.05) is 67.3 Å². The van der Waals surface area contributed by atoms with Gasteiger partial charge < -0.3 is 9.64 Å². The van der Waals surface area contributed by atoms with Gasteiger partial charge in [-0.25, -0.2) is 4.39 Å². The Kier molecular flexibility index (Phi) is 7.31. The molecule has 0 radical (unpaired) electrons. The molecule has 0 aromatic heterocycles. The smallest absolute Gasteiger partial charge is 0.253 e. The van der Waals surface area contributed by atoms with Crippen LogP contribution in [-0.4, -0.2) is 41.9 Å². The molecule has 4 nitrogen and oxygen atoms in total. The molecule has 0 bridgehead atoms. The number of carbonyl (C=O) groups excluding carboxylic acids is 1. The van der Waals surface area contributed by atoms with Gasteiger partial charge in [0.15, 0.2) is 0 Å². The van der Waals surface area contributed by atoms with Gasteiger partial charge in [-0.3, -0.25) is 9.69 Å². The van der Waals surface area contributed by atoms with Gasteiger partial charge in [0.2, 0.25) is 0 Å². The molecule has 0 unspecified atom stereocenters. The molecular weight excluding hydrogens is 439 g/mol. The van der Waals surface area contributed by atoms with Crippen molar-refractivity contribution in [3.05, 3.63) is 99.3 Å². The van der Waals surface area contributed by atoms with E-state index in [-0.39, 0.29) is 11.7 Å². The first-order chi connectivity index (χ1) is 15.9. The molecule has 33 heavy (non-hydrogen) atoms. The Hall–Kier alpha value is -2.89. The average molecular weight is 467 g/mol. The maximum atomic E-state index is 13.9. The van der Waals surface area contributed by atoms with Crippen molar-refractivity contribution in [2.75, 3.05) is 26.2 Å². The highest BCUT2D eigenvalue weighted by molar-refractivity contribution is 6.32. The van der Waals surface area contributed by atoms with Crippen LogP contribution in [-0.2, 0) is 13.2 Å². The van der Waals surface area contributed by atoms with Gasteiger partial charge in [0.25, 0.3) is 5.91 Å². The summed E-state index contributed by atoms with van der Waals surface area (Å²) in [4.78, 5) is 17.0. The summed E-state index contributed by atoms with van der Waals surface area (Å²) in [6.45, 7) is 7.63. The summed E-state index contributed by atoms with van der Waals surface area (Å²) in [5, 5.41) is 0.762. The zero-order chi connectivity index (χ0) is 23.4. The first-order valence-electron chi connectivity index (χ1n) is 11.1. The molecule has 1 aliphatic heterocycles. The minimum Gasteiger partial charge on any atom is -0.489 e. The summed E-state index contributed by atoms with van der Waals surface area (Å²) in [6.07, 6.45) is 0. The second-order valence-electron chi connectivity index (χ2n) is 8.52. The van der Waals surface area contributed by atoms with Crippen molar-refractivity contribution in [3.8, 4) is 5.75 Å². The van der Waals surface area contributed by atoms with E-state index in [0.717, 1.165) is 40.6 Å². The lowest BCUT2D eigenvalue weighted by Crippen LogP contribution is -2.48. The first kappa shape index (κ1) is 23.3.